The van der Waals surface area contributed by atoms with Crippen LogP contribution in [0.3, 0.4) is 0 Å². The van der Waals surface area contributed by atoms with Crippen LogP contribution in [0, 0.1) is 5.92 Å². The van der Waals surface area contributed by atoms with Crippen LogP contribution in [0.1, 0.15) is 35.8 Å². The highest BCUT2D eigenvalue weighted by Crippen LogP contribution is 2.21. The van der Waals surface area contributed by atoms with Crippen LogP contribution in [0.5, 0.6) is 0 Å². The fraction of sp³-hybridized carbons (Fsp3) is 0.412. The molecule has 1 saturated heterocycles. The van der Waals surface area contributed by atoms with Crippen molar-refractivity contribution in [1.82, 2.24) is 20.3 Å². The first-order chi connectivity index (χ1) is 11.2. The zero-order chi connectivity index (χ0) is 16.1. The van der Waals surface area contributed by atoms with Crippen LogP contribution in [0.25, 0.3) is 0 Å². The maximum atomic E-state index is 12.3. The monoisotopic (exact) mass is 311 g/mol. The first-order valence-corrected chi connectivity index (χ1v) is 7.96. The number of hydrogen-bond acceptors (Lipinski definition) is 5. The van der Waals surface area contributed by atoms with Crippen molar-refractivity contribution in [1.29, 1.82) is 0 Å². The number of pyridine rings is 1. The van der Waals surface area contributed by atoms with E-state index in [1.54, 1.807) is 18.5 Å². The van der Waals surface area contributed by atoms with Gasteiger partial charge in [-0.2, -0.15) is 0 Å². The summed E-state index contributed by atoms with van der Waals surface area (Å²) in [6, 6.07) is 5.55. The van der Waals surface area contributed by atoms with Crippen molar-refractivity contribution in [2.45, 2.75) is 26.3 Å². The van der Waals surface area contributed by atoms with Crippen molar-refractivity contribution in [3.05, 3.63) is 48.2 Å². The van der Waals surface area contributed by atoms with Gasteiger partial charge in [0.05, 0.1) is 0 Å². The van der Waals surface area contributed by atoms with Crippen LogP contribution in [0.2, 0.25) is 0 Å². The molecular weight excluding hydrogens is 290 g/mol. The molecule has 1 fully saturated rings. The highest BCUT2D eigenvalue weighted by atomic mass is 16.1. The van der Waals surface area contributed by atoms with E-state index in [1.807, 2.05) is 12.1 Å². The van der Waals surface area contributed by atoms with Gasteiger partial charge in [0.1, 0.15) is 17.8 Å². The molecule has 1 aliphatic rings. The quantitative estimate of drug-likeness (QED) is 0.935. The zero-order valence-electron chi connectivity index (χ0n) is 13.3. The molecule has 0 aromatic carbocycles. The van der Waals surface area contributed by atoms with E-state index in [0.29, 0.717) is 12.2 Å². The average molecular weight is 311 g/mol. The summed E-state index contributed by atoms with van der Waals surface area (Å²) >= 11 is 0. The van der Waals surface area contributed by atoms with Crippen LogP contribution in [-0.4, -0.2) is 33.9 Å². The Hall–Kier alpha value is -2.50. The maximum absolute atomic E-state index is 12.3. The van der Waals surface area contributed by atoms with Gasteiger partial charge in [0.2, 0.25) is 0 Å². The molecule has 0 atom stereocenters. The van der Waals surface area contributed by atoms with Gasteiger partial charge >= 0.3 is 0 Å². The summed E-state index contributed by atoms with van der Waals surface area (Å²) in [4.78, 5) is 26.9. The Kier molecular flexibility index (Phi) is 4.80. The van der Waals surface area contributed by atoms with Crippen molar-refractivity contribution in [2.75, 3.05) is 18.0 Å². The highest BCUT2D eigenvalue weighted by molar-refractivity contribution is 5.92. The molecular formula is C17H21N5O. The Morgan fingerprint density at radius 3 is 2.91 bits per heavy atom. The number of piperidine rings is 1. The van der Waals surface area contributed by atoms with Crippen LogP contribution in [0.4, 0.5) is 5.82 Å². The lowest BCUT2D eigenvalue weighted by Gasteiger charge is -2.31. The van der Waals surface area contributed by atoms with E-state index in [9.17, 15) is 4.79 Å². The van der Waals surface area contributed by atoms with Crippen LogP contribution >= 0.6 is 0 Å². The van der Waals surface area contributed by atoms with E-state index >= 15 is 0 Å². The number of amides is 1. The van der Waals surface area contributed by atoms with Crippen molar-refractivity contribution >= 4 is 11.7 Å². The minimum atomic E-state index is -0.192. The topological polar surface area (TPSA) is 71.0 Å². The number of nitrogens with zero attached hydrogens (tertiary/aromatic N) is 4. The molecule has 6 heteroatoms. The van der Waals surface area contributed by atoms with Gasteiger partial charge in [0.15, 0.2) is 0 Å². The SMILES string of the molecule is CC1CCN(c2cc(C(=O)NCc3cccnc3)ncn2)CC1. The summed E-state index contributed by atoms with van der Waals surface area (Å²) in [6.07, 6.45) is 7.23. The van der Waals surface area contributed by atoms with Crippen molar-refractivity contribution in [3.8, 4) is 0 Å². The Bertz CT molecular complexity index is 653. The van der Waals surface area contributed by atoms with Gasteiger partial charge in [0, 0.05) is 38.1 Å². The minimum Gasteiger partial charge on any atom is -0.356 e. The molecule has 3 rings (SSSR count). The van der Waals surface area contributed by atoms with Crippen molar-refractivity contribution in [2.24, 2.45) is 5.92 Å². The van der Waals surface area contributed by atoms with Crippen molar-refractivity contribution in [3.63, 3.8) is 0 Å². The van der Waals surface area contributed by atoms with Gasteiger partial charge in [-0.25, -0.2) is 9.97 Å². The normalized spacial score (nSPS) is 15.4. The Morgan fingerprint density at radius 2 is 2.17 bits per heavy atom. The number of nitrogens with one attached hydrogen (secondary N) is 1. The molecule has 3 heterocycles. The number of hydrogen-bond donors (Lipinski definition) is 1. The van der Waals surface area contributed by atoms with Gasteiger partial charge in [-0.3, -0.25) is 9.78 Å². The third-order valence-corrected chi connectivity index (χ3v) is 4.17. The molecule has 1 aliphatic heterocycles. The molecule has 2 aromatic rings. The fourth-order valence-corrected chi connectivity index (χ4v) is 2.66. The number of anilines is 1. The first-order valence-electron chi connectivity index (χ1n) is 7.96. The molecule has 0 unspecified atom stereocenters. The third kappa shape index (κ3) is 4.03. The van der Waals surface area contributed by atoms with E-state index in [0.717, 1.165) is 43.2 Å². The van der Waals surface area contributed by atoms with Crippen molar-refractivity contribution < 1.29 is 4.79 Å². The highest BCUT2D eigenvalue weighted by Gasteiger charge is 2.18. The Labute approximate surface area is 136 Å². The molecule has 120 valence electrons. The van der Waals surface area contributed by atoms with Gasteiger partial charge in [-0.1, -0.05) is 13.0 Å². The summed E-state index contributed by atoms with van der Waals surface area (Å²) in [6.45, 7) is 4.67. The van der Waals surface area contributed by atoms with E-state index in [-0.39, 0.29) is 5.91 Å². The smallest absolute Gasteiger partial charge is 0.270 e. The summed E-state index contributed by atoms with van der Waals surface area (Å²) in [5.74, 6) is 1.40. The lowest BCUT2D eigenvalue weighted by Crippen LogP contribution is -2.34. The second-order valence-electron chi connectivity index (χ2n) is 5.97. The molecule has 23 heavy (non-hydrogen) atoms. The Morgan fingerprint density at radius 1 is 1.35 bits per heavy atom. The van der Waals surface area contributed by atoms with Gasteiger partial charge < -0.3 is 10.2 Å². The first kappa shape index (κ1) is 15.4. The molecule has 6 nitrogen and oxygen atoms in total. The predicted octanol–water partition coefficient (Wildman–Crippen LogP) is 2.04. The molecule has 1 N–H and O–H groups in total. The molecule has 0 saturated carbocycles. The number of carbonyl (C=O) groups excluding carboxylic acids is 1. The van der Waals surface area contributed by atoms with Crippen LogP contribution < -0.4 is 10.2 Å². The van der Waals surface area contributed by atoms with Crippen LogP contribution in [0.15, 0.2) is 36.9 Å². The Balaban J connectivity index is 1.63. The van der Waals surface area contributed by atoms with Gasteiger partial charge in [-0.15, -0.1) is 0 Å². The van der Waals surface area contributed by atoms with E-state index in [4.69, 9.17) is 0 Å². The number of carbonyl (C=O) groups is 1. The minimum absolute atomic E-state index is 0.192. The standard InChI is InChI=1S/C17H21N5O/c1-13-4-7-22(8-5-13)16-9-15(20-12-21-16)17(23)19-11-14-3-2-6-18-10-14/h2-3,6,9-10,12-13H,4-5,7-8,11H2,1H3,(H,19,23). The van der Waals surface area contributed by atoms with E-state index < -0.39 is 0 Å². The van der Waals surface area contributed by atoms with Gasteiger partial charge in [0.25, 0.3) is 5.91 Å². The predicted molar refractivity (Wildman–Crippen MR) is 88.1 cm³/mol. The lowest BCUT2D eigenvalue weighted by molar-refractivity contribution is 0.0945. The summed E-state index contributed by atoms with van der Waals surface area (Å²) in [7, 11) is 0. The maximum Gasteiger partial charge on any atom is 0.270 e. The molecule has 0 bridgehead atoms. The number of rotatable bonds is 4. The third-order valence-electron chi connectivity index (χ3n) is 4.17. The van der Waals surface area contributed by atoms with Gasteiger partial charge in [-0.05, 0) is 30.4 Å². The average Bonchev–Trinajstić information content (AvgIpc) is 2.61. The second kappa shape index (κ2) is 7.17. The summed E-state index contributed by atoms with van der Waals surface area (Å²) in [5.41, 5.74) is 1.36. The fourth-order valence-electron chi connectivity index (χ4n) is 2.66. The summed E-state index contributed by atoms with van der Waals surface area (Å²) in [5, 5.41) is 2.86. The number of aromatic nitrogens is 3. The molecule has 0 spiro atoms. The van der Waals surface area contributed by atoms with E-state index in [1.165, 1.54) is 6.33 Å². The molecule has 1 amide bonds. The lowest BCUT2D eigenvalue weighted by atomic mass is 9.99. The molecule has 2 aromatic heterocycles. The van der Waals surface area contributed by atoms with Crippen LogP contribution in [-0.2, 0) is 6.54 Å². The van der Waals surface area contributed by atoms with E-state index in [2.05, 4.69) is 32.1 Å². The zero-order valence-corrected chi connectivity index (χ0v) is 13.3. The molecule has 0 aliphatic carbocycles. The molecule has 0 radical (unpaired) electrons. The summed E-state index contributed by atoms with van der Waals surface area (Å²) < 4.78 is 0. The largest absolute Gasteiger partial charge is 0.356 e. The second-order valence-corrected chi connectivity index (χ2v) is 5.97.